The number of hydrogen-bond donors (Lipinski definition) is 1. The summed E-state index contributed by atoms with van der Waals surface area (Å²) in [6.45, 7) is 2.93. The molecule has 1 nitrogen and oxygen atoms in total. The maximum absolute atomic E-state index is 13.3. The highest BCUT2D eigenvalue weighted by molar-refractivity contribution is 7.10. The second-order valence-electron chi connectivity index (χ2n) is 3.94. The van der Waals surface area contributed by atoms with E-state index in [2.05, 4.69) is 23.7 Å². The highest BCUT2D eigenvalue weighted by atomic mass is 32.1. The lowest BCUT2D eigenvalue weighted by Crippen LogP contribution is -2.32. The van der Waals surface area contributed by atoms with Crippen molar-refractivity contribution in [3.63, 3.8) is 0 Å². The normalized spacial score (nSPS) is 27.0. The fourth-order valence-corrected chi connectivity index (χ4v) is 2.71. The average Bonchev–Trinajstić information content (AvgIpc) is 2.72. The molecule has 0 amide bonds. The first kappa shape index (κ1) is 10.1. The van der Waals surface area contributed by atoms with Gasteiger partial charge in [-0.1, -0.05) is 0 Å². The van der Waals surface area contributed by atoms with Crippen molar-refractivity contribution in [3.05, 3.63) is 21.9 Å². The van der Waals surface area contributed by atoms with Gasteiger partial charge in [-0.15, -0.1) is 11.3 Å². The molecule has 0 aliphatic heterocycles. The highest BCUT2D eigenvalue weighted by Crippen LogP contribution is 2.23. The van der Waals surface area contributed by atoms with Crippen LogP contribution in [0.1, 0.15) is 29.7 Å². The maximum atomic E-state index is 13.3. The van der Waals surface area contributed by atoms with E-state index in [4.69, 9.17) is 0 Å². The van der Waals surface area contributed by atoms with Gasteiger partial charge in [-0.05, 0) is 43.2 Å². The Morgan fingerprint density at radius 3 is 3.00 bits per heavy atom. The van der Waals surface area contributed by atoms with E-state index in [1.807, 2.05) is 0 Å². The first-order valence-corrected chi connectivity index (χ1v) is 6.06. The summed E-state index contributed by atoms with van der Waals surface area (Å²) in [6, 6.07) is 2.21. The Balaban J connectivity index is 1.85. The highest BCUT2D eigenvalue weighted by Gasteiger charge is 2.26. The quantitative estimate of drug-likeness (QED) is 0.813. The van der Waals surface area contributed by atoms with Crippen LogP contribution in [-0.4, -0.2) is 12.2 Å². The number of alkyl halides is 1. The molecular formula is C11H16FNS. The van der Waals surface area contributed by atoms with Crippen LogP contribution in [0.2, 0.25) is 0 Å². The number of halogens is 1. The van der Waals surface area contributed by atoms with E-state index in [9.17, 15) is 4.39 Å². The molecule has 0 radical (unpaired) electrons. The number of thiophene rings is 1. The SMILES string of the molecule is Cc1sccc1CN[C@H]1CCC[C@H]1F. The molecule has 0 aromatic carbocycles. The Kier molecular flexibility index (Phi) is 3.19. The van der Waals surface area contributed by atoms with Crippen molar-refractivity contribution in [2.75, 3.05) is 0 Å². The average molecular weight is 213 g/mol. The van der Waals surface area contributed by atoms with Crippen LogP contribution in [0.4, 0.5) is 4.39 Å². The summed E-state index contributed by atoms with van der Waals surface area (Å²) in [5, 5.41) is 5.40. The first-order chi connectivity index (χ1) is 6.77. The summed E-state index contributed by atoms with van der Waals surface area (Å²) in [5.74, 6) is 0. The van der Waals surface area contributed by atoms with Crippen LogP contribution >= 0.6 is 11.3 Å². The smallest absolute Gasteiger partial charge is 0.115 e. The second kappa shape index (κ2) is 4.41. The predicted molar refractivity (Wildman–Crippen MR) is 58.4 cm³/mol. The van der Waals surface area contributed by atoms with E-state index < -0.39 is 6.17 Å². The third-order valence-electron chi connectivity index (χ3n) is 2.95. The lowest BCUT2D eigenvalue weighted by Gasteiger charge is -2.14. The molecule has 3 heteroatoms. The monoisotopic (exact) mass is 213 g/mol. The van der Waals surface area contributed by atoms with E-state index in [-0.39, 0.29) is 6.04 Å². The molecule has 2 rings (SSSR count). The minimum Gasteiger partial charge on any atom is -0.307 e. The Hall–Kier alpha value is -0.410. The summed E-state index contributed by atoms with van der Waals surface area (Å²) < 4.78 is 13.3. The number of aryl methyl sites for hydroxylation is 1. The molecule has 0 bridgehead atoms. The lowest BCUT2D eigenvalue weighted by atomic mass is 10.2. The second-order valence-corrected chi connectivity index (χ2v) is 5.06. The fourth-order valence-electron chi connectivity index (χ4n) is 1.98. The molecule has 1 aromatic rings. The van der Waals surface area contributed by atoms with Gasteiger partial charge in [0.1, 0.15) is 6.17 Å². The number of rotatable bonds is 3. The van der Waals surface area contributed by atoms with Gasteiger partial charge in [-0.2, -0.15) is 0 Å². The molecule has 1 heterocycles. The zero-order valence-corrected chi connectivity index (χ0v) is 9.24. The summed E-state index contributed by atoms with van der Waals surface area (Å²) in [5.41, 5.74) is 1.31. The molecular weight excluding hydrogens is 197 g/mol. The maximum Gasteiger partial charge on any atom is 0.115 e. The van der Waals surface area contributed by atoms with Crippen LogP contribution in [0, 0.1) is 6.92 Å². The van der Waals surface area contributed by atoms with Crippen molar-refractivity contribution in [3.8, 4) is 0 Å². The molecule has 0 spiro atoms. The lowest BCUT2D eigenvalue weighted by molar-refractivity contribution is 0.279. The van der Waals surface area contributed by atoms with E-state index in [1.165, 1.54) is 10.4 Å². The Bertz CT molecular complexity index is 297. The van der Waals surface area contributed by atoms with Crippen LogP contribution in [0.25, 0.3) is 0 Å². The topological polar surface area (TPSA) is 12.0 Å². The molecule has 1 aromatic heterocycles. The van der Waals surface area contributed by atoms with Crippen LogP contribution < -0.4 is 5.32 Å². The number of nitrogens with one attached hydrogen (secondary N) is 1. The molecule has 1 aliphatic carbocycles. The molecule has 2 atom stereocenters. The summed E-state index contributed by atoms with van der Waals surface area (Å²) in [6.07, 6.45) is 2.13. The van der Waals surface area contributed by atoms with Crippen molar-refractivity contribution >= 4 is 11.3 Å². The Morgan fingerprint density at radius 2 is 2.43 bits per heavy atom. The third-order valence-corrected chi connectivity index (χ3v) is 3.84. The first-order valence-electron chi connectivity index (χ1n) is 5.18. The van der Waals surface area contributed by atoms with Gasteiger partial charge in [0.15, 0.2) is 0 Å². The van der Waals surface area contributed by atoms with Crippen LogP contribution in [0.5, 0.6) is 0 Å². The van der Waals surface area contributed by atoms with Crippen molar-refractivity contribution in [1.29, 1.82) is 0 Å². The van der Waals surface area contributed by atoms with Gasteiger partial charge in [-0.3, -0.25) is 0 Å². The minimum absolute atomic E-state index is 0.0919. The summed E-state index contributed by atoms with van der Waals surface area (Å²) >= 11 is 1.75. The van der Waals surface area contributed by atoms with Crippen molar-refractivity contribution < 1.29 is 4.39 Å². The summed E-state index contributed by atoms with van der Waals surface area (Å²) in [4.78, 5) is 1.34. The summed E-state index contributed by atoms with van der Waals surface area (Å²) in [7, 11) is 0. The van der Waals surface area contributed by atoms with E-state index in [0.717, 1.165) is 25.8 Å². The molecule has 1 aliphatic rings. The molecule has 14 heavy (non-hydrogen) atoms. The molecule has 78 valence electrons. The van der Waals surface area contributed by atoms with E-state index in [0.29, 0.717) is 0 Å². The minimum atomic E-state index is -0.631. The predicted octanol–water partition coefficient (Wildman–Crippen LogP) is 3.04. The molecule has 1 N–H and O–H groups in total. The Labute approximate surface area is 88.3 Å². The van der Waals surface area contributed by atoms with Crippen molar-refractivity contribution in [2.24, 2.45) is 0 Å². The zero-order chi connectivity index (χ0) is 9.97. The molecule has 0 saturated heterocycles. The van der Waals surface area contributed by atoms with Gasteiger partial charge in [0.25, 0.3) is 0 Å². The van der Waals surface area contributed by atoms with Crippen LogP contribution in [0.3, 0.4) is 0 Å². The molecule has 1 saturated carbocycles. The zero-order valence-electron chi connectivity index (χ0n) is 8.42. The third kappa shape index (κ3) is 2.15. The molecule has 0 unspecified atom stereocenters. The molecule has 1 fully saturated rings. The van der Waals surface area contributed by atoms with Gasteiger partial charge < -0.3 is 5.32 Å². The van der Waals surface area contributed by atoms with Crippen molar-refractivity contribution in [2.45, 2.75) is 44.9 Å². The largest absolute Gasteiger partial charge is 0.307 e. The van der Waals surface area contributed by atoms with E-state index >= 15 is 0 Å². The Morgan fingerprint density at radius 1 is 1.57 bits per heavy atom. The standard InChI is InChI=1S/C11H16FNS/c1-8-9(5-6-14-8)7-13-11-4-2-3-10(11)12/h5-6,10-11,13H,2-4,7H2,1H3/t10-,11+/m1/s1. The van der Waals surface area contributed by atoms with Crippen LogP contribution in [-0.2, 0) is 6.54 Å². The number of hydrogen-bond acceptors (Lipinski definition) is 2. The van der Waals surface area contributed by atoms with Gasteiger partial charge >= 0.3 is 0 Å². The van der Waals surface area contributed by atoms with Gasteiger partial charge in [0, 0.05) is 17.5 Å². The van der Waals surface area contributed by atoms with Gasteiger partial charge in [0.2, 0.25) is 0 Å². The van der Waals surface area contributed by atoms with Crippen molar-refractivity contribution in [1.82, 2.24) is 5.32 Å². The van der Waals surface area contributed by atoms with E-state index in [1.54, 1.807) is 11.3 Å². The fraction of sp³-hybridized carbons (Fsp3) is 0.636. The van der Waals surface area contributed by atoms with Gasteiger partial charge in [0.05, 0.1) is 0 Å². The van der Waals surface area contributed by atoms with Gasteiger partial charge in [-0.25, -0.2) is 4.39 Å². The van der Waals surface area contributed by atoms with Crippen LogP contribution in [0.15, 0.2) is 11.4 Å².